The second-order valence-electron chi connectivity index (χ2n) is 20.0. The number of ether oxygens (including phenoxy) is 4. The summed E-state index contributed by atoms with van der Waals surface area (Å²) in [4.78, 5) is 13.1. The summed E-state index contributed by atoms with van der Waals surface area (Å²) >= 11 is 0. The van der Waals surface area contributed by atoms with Crippen LogP contribution in [-0.2, 0) is 23.7 Å². The van der Waals surface area contributed by atoms with Crippen LogP contribution in [-0.4, -0.2) is 116 Å². The van der Waals surface area contributed by atoms with Crippen LogP contribution in [0.3, 0.4) is 0 Å². The minimum absolute atomic E-state index is 0.0267. The average Bonchev–Trinajstić information content (AvgIpc) is 3.10. The van der Waals surface area contributed by atoms with E-state index in [1.807, 2.05) is 0 Å². The van der Waals surface area contributed by atoms with Crippen LogP contribution < -0.4 is 0 Å². The molecular formula is C41H66O12. The Bertz CT molecular complexity index is 1440. The van der Waals surface area contributed by atoms with Crippen LogP contribution in [0.15, 0.2) is 11.6 Å². The van der Waals surface area contributed by atoms with Crippen molar-refractivity contribution in [2.75, 3.05) is 13.2 Å². The topological polar surface area (TPSA) is 196 Å². The molecule has 0 aromatic heterocycles. The fraction of sp³-hybridized carbons (Fsp3) is 0.927. The lowest BCUT2D eigenvalue weighted by Crippen LogP contribution is -2.66. The van der Waals surface area contributed by atoms with Gasteiger partial charge in [-0.25, -0.2) is 0 Å². The van der Waals surface area contributed by atoms with E-state index in [1.165, 1.54) is 5.57 Å². The zero-order valence-corrected chi connectivity index (χ0v) is 32.7. The number of carboxylic acids is 1. The van der Waals surface area contributed by atoms with Crippen LogP contribution in [0, 0.1) is 50.2 Å². The van der Waals surface area contributed by atoms with Gasteiger partial charge in [0.05, 0.1) is 24.2 Å². The molecule has 53 heavy (non-hydrogen) atoms. The maximum atomic E-state index is 13.1. The number of allylic oxidation sites excluding steroid dienone is 2. The van der Waals surface area contributed by atoms with Gasteiger partial charge in [-0.1, -0.05) is 53.2 Å². The lowest BCUT2D eigenvalue weighted by molar-refractivity contribution is -0.364. The minimum atomic E-state index is -1.59. The van der Waals surface area contributed by atoms with E-state index in [-0.39, 0.29) is 52.3 Å². The highest BCUT2D eigenvalue weighted by molar-refractivity contribution is 5.76. The molecule has 7 aliphatic rings. The molecule has 0 radical (unpaired) electrons. The van der Waals surface area contributed by atoms with Crippen molar-refractivity contribution in [3.63, 3.8) is 0 Å². The molecule has 12 heteroatoms. The van der Waals surface area contributed by atoms with Gasteiger partial charge in [0.2, 0.25) is 0 Å². The van der Waals surface area contributed by atoms with Gasteiger partial charge < -0.3 is 54.7 Å². The maximum absolute atomic E-state index is 13.1. The third-order valence-corrected chi connectivity index (χ3v) is 17.1. The lowest BCUT2D eigenvalue weighted by Gasteiger charge is -2.71. The number of hydrogen-bond acceptors (Lipinski definition) is 11. The normalized spacial score (nSPS) is 55.1. The highest BCUT2D eigenvalue weighted by atomic mass is 16.8. The Kier molecular flexibility index (Phi) is 10.2. The average molecular weight is 751 g/mol. The first-order valence-corrected chi connectivity index (χ1v) is 20.2. The Labute approximate surface area is 314 Å². The first-order valence-electron chi connectivity index (χ1n) is 20.2. The summed E-state index contributed by atoms with van der Waals surface area (Å²) < 4.78 is 24.4. The predicted molar refractivity (Wildman–Crippen MR) is 192 cm³/mol. The molecule has 2 saturated heterocycles. The monoisotopic (exact) mass is 750 g/mol. The Morgan fingerprint density at radius 2 is 1.53 bits per heavy atom. The third kappa shape index (κ3) is 5.85. The van der Waals surface area contributed by atoms with Gasteiger partial charge in [-0.3, -0.25) is 4.79 Å². The van der Waals surface area contributed by atoms with Crippen molar-refractivity contribution in [3.05, 3.63) is 11.6 Å². The summed E-state index contributed by atoms with van der Waals surface area (Å²) in [5, 5.41) is 74.0. The quantitative estimate of drug-likeness (QED) is 0.155. The predicted octanol–water partition coefficient (Wildman–Crippen LogP) is 3.52. The molecule has 0 spiro atoms. The molecule has 0 aromatic rings. The van der Waals surface area contributed by atoms with Crippen molar-refractivity contribution in [3.8, 4) is 0 Å². The van der Waals surface area contributed by atoms with E-state index in [2.05, 4.69) is 47.6 Å². The number of aliphatic hydroxyl groups excluding tert-OH is 6. The fourth-order valence-electron chi connectivity index (χ4n) is 13.4. The highest BCUT2D eigenvalue weighted by Crippen LogP contribution is 2.76. The molecule has 0 bridgehead atoms. The van der Waals surface area contributed by atoms with Crippen molar-refractivity contribution in [2.24, 2.45) is 50.2 Å². The molecule has 0 amide bonds. The van der Waals surface area contributed by atoms with Crippen LogP contribution in [0.4, 0.5) is 0 Å². The Balaban J connectivity index is 1.13. The minimum Gasteiger partial charge on any atom is -0.481 e. The van der Waals surface area contributed by atoms with E-state index >= 15 is 0 Å². The lowest BCUT2D eigenvalue weighted by atomic mass is 9.33. The van der Waals surface area contributed by atoms with Gasteiger partial charge in [-0.15, -0.1) is 0 Å². The van der Waals surface area contributed by atoms with E-state index in [1.54, 1.807) is 6.92 Å². The molecule has 2 unspecified atom stereocenters. The SMILES string of the molecule is C[C@@H]1O[C@@H](O[C@H]2[C@H](O[C@H]3CC[C@@]4(C)C(CC[C@]5(C)C4CC=C4[C@@H]6C[C@](C)(CO)CC[C@]6(C(=O)O)CC[C@]45C)C3(C)C)OC[C@H](O)[C@@H]2O)[C@H](O)[C@H](O)[C@H]1O. The van der Waals surface area contributed by atoms with Gasteiger partial charge in [0.1, 0.15) is 36.6 Å². The van der Waals surface area contributed by atoms with E-state index in [0.29, 0.717) is 31.1 Å². The first-order chi connectivity index (χ1) is 24.7. The van der Waals surface area contributed by atoms with E-state index in [4.69, 9.17) is 18.9 Å². The summed E-state index contributed by atoms with van der Waals surface area (Å²) in [7, 11) is 0. The van der Waals surface area contributed by atoms with Gasteiger partial charge in [0, 0.05) is 6.61 Å². The first kappa shape index (κ1) is 40.0. The summed E-state index contributed by atoms with van der Waals surface area (Å²) in [6.45, 7) is 15.4. The highest BCUT2D eigenvalue weighted by Gasteiger charge is 2.70. The van der Waals surface area contributed by atoms with Crippen molar-refractivity contribution in [1.29, 1.82) is 0 Å². The summed E-state index contributed by atoms with van der Waals surface area (Å²) in [5.74, 6) is -0.0948. The second kappa shape index (κ2) is 13.5. The van der Waals surface area contributed by atoms with Crippen LogP contribution in [0.5, 0.6) is 0 Å². The van der Waals surface area contributed by atoms with Crippen LogP contribution in [0.1, 0.15) is 113 Å². The maximum Gasteiger partial charge on any atom is 0.310 e. The molecule has 7 rings (SSSR count). The Morgan fingerprint density at radius 3 is 2.21 bits per heavy atom. The zero-order valence-electron chi connectivity index (χ0n) is 32.7. The number of aliphatic carboxylic acids is 1. The number of hydrogen-bond donors (Lipinski definition) is 7. The summed E-state index contributed by atoms with van der Waals surface area (Å²) in [5.41, 5.74) is -0.253. The standard InChI is InChI=1S/C41H66O12/c1-21-28(44)30(46)31(47)33(51-21)53-32-29(45)24(43)19-50-34(32)52-27-11-12-38(5)25(36(27,2)3)10-13-40(7)26(38)9-8-22-23-18-37(4,20-42)14-16-41(23,35(48)49)17-15-39(22,40)6/h8,21,23-34,42-47H,9-20H2,1-7H3,(H,48,49)/t21-,23-,24-,25?,26?,27-,28-,29-,30+,31+,32+,33-,34-,37+,38-,39+,40+,41-/m0/s1. The van der Waals surface area contributed by atoms with Crippen molar-refractivity contribution in [2.45, 2.75) is 174 Å². The van der Waals surface area contributed by atoms with E-state index < -0.39 is 66.7 Å². The van der Waals surface area contributed by atoms with Gasteiger partial charge in [-0.05, 0) is 116 Å². The molecule has 2 heterocycles. The molecule has 18 atom stereocenters. The third-order valence-electron chi connectivity index (χ3n) is 17.1. The molecule has 2 aliphatic heterocycles. The Hall–Kier alpha value is -1.19. The smallest absolute Gasteiger partial charge is 0.310 e. The number of fused-ring (bicyclic) bond motifs is 7. The number of rotatable bonds is 6. The van der Waals surface area contributed by atoms with Gasteiger partial charge in [0.25, 0.3) is 0 Å². The second-order valence-corrected chi connectivity index (χ2v) is 20.0. The number of carbonyl (C=O) groups is 1. The van der Waals surface area contributed by atoms with Crippen molar-refractivity contribution in [1.82, 2.24) is 0 Å². The van der Waals surface area contributed by atoms with Gasteiger partial charge in [-0.2, -0.15) is 0 Å². The van der Waals surface area contributed by atoms with Crippen LogP contribution in [0.2, 0.25) is 0 Å². The van der Waals surface area contributed by atoms with Crippen LogP contribution in [0.25, 0.3) is 0 Å². The molecular weight excluding hydrogens is 684 g/mol. The summed E-state index contributed by atoms with van der Waals surface area (Å²) in [6, 6.07) is 0. The summed E-state index contributed by atoms with van der Waals surface area (Å²) in [6.07, 6.45) is -1.40. The zero-order chi connectivity index (χ0) is 38.7. The van der Waals surface area contributed by atoms with Crippen molar-refractivity contribution >= 4 is 5.97 Å². The van der Waals surface area contributed by atoms with Gasteiger partial charge >= 0.3 is 5.97 Å². The van der Waals surface area contributed by atoms with Crippen LogP contribution >= 0.6 is 0 Å². The van der Waals surface area contributed by atoms with E-state index in [0.717, 1.165) is 44.9 Å². The van der Waals surface area contributed by atoms with Crippen molar-refractivity contribution < 1.29 is 59.5 Å². The number of aliphatic hydroxyl groups is 6. The molecule has 0 aromatic carbocycles. The molecule has 6 fully saturated rings. The molecule has 5 aliphatic carbocycles. The molecule has 7 N–H and O–H groups in total. The largest absolute Gasteiger partial charge is 0.481 e. The van der Waals surface area contributed by atoms with Gasteiger partial charge in [0.15, 0.2) is 12.6 Å². The van der Waals surface area contributed by atoms with E-state index in [9.17, 15) is 40.5 Å². The molecule has 302 valence electrons. The molecule has 12 nitrogen and oxygen atoms in total. The fourth-order valence-corrected chi connectivity index (χ4v) is 13.4. The molecule has 4 saturated carbocycles. The Morgan fingerprint density at radius 1 is 0.830 bits per heavy atom. The number of carboxylic acid groups (broad SMARTS) is 1.